The zero-order valence-corrected chi connectivity index (χ0v) is 11.2. The van der Waals surface area contributed by atoms with Crippen molar-refractivity contribution in [2.75, 3.05) is 6.61 Å². The summed E-state index contributed by atoms with van der Waals surface area (Å²) >= 11 is 0. The fraction of sp³-hybridized carbons (Fsp3) is 0.667. The van der Waals surface area contributed by atoms with Crippen LogP contribution < -0.4 is 0 Å². The van der Waals surface area contributed by atoms with E-state index in [1.807, 2.05) is 0 Å². The maximum Gasteiger partial charge on any atom is 0.460 e. The zero-order chi connectivity index (χ0) is 18.0. The van der Waals surface area contributed by atoms with E-state index in [1.165, 1.54) is 6.92 Å². The minimum absolute atomic E-state index is 0.0602. The van der Waals surface area contributed by atoms with Crippen LogP contribution in [0, 0.1) is 0 Å². The normalized spacial score (nSPS) is 15.9. The van der Waals surface area contributed by atoms with E-state index >= 15 is 0 Å². The van der Waals surface area contributed by atoms with Crippen molar-refractivity contribution in [1.29, 1.82) is 0 Å². The molecule has 0 amide bonds. The van der Waals surface area contributed by atoms with Gasteiger partial charge < -0.3 is 4.74 Å². The van der Waals surface area contributed by atoms with Crippen molar-refractivity contribution < 1.29 is 53.3 Å². The monoisotopic (exact) mass is 366 g/mol. The van der Waals surface area contributed by atoms with E-state index in [-0.39, 0.29) is 12.7 Å². The third-order valence-corrected chi connectivity index (χ3v) is 3.13. The number of alkyl halides is 9. The molecule has 0 aliphatic heterocycles. The number of carbonyl (C=O) groups excluding carboxylic acids is 1. The number of ether oxygens (including phenoxy) is 1. The highest BCUT2D eigenvalue weighted by atomic mass is 32.2. The van der Waals surface area contributed by atoms with E-state index in [4.69, 9.17) is 0 Å². The molecule has 0 N–H and O–H groups in total. The molecule has 0 saturated carbocycles. The number of rotatable bonds is 6. The van der Waals surface area contributed by atoms with Gasteiger partial charge in [0, 0.05) is 11.5 Å². The van der Waals surface area contributed by atoms with Crippen molar-refractivity contribution >= 4 is 16.8 Å². The lowest BCUT2D eigenvalue weighted by molar-refractivity contribution is -0.381. The average Bonchev–Trinajstić information content (AvgIpc) is 2.34. The van der Waals surface area contributed by atoms with Crippen LogP contribution >= 0.6 is 0 Å². The molecular formula is C9H7F9O3S. The Hall–Kier alpha value is -1.27. The lowest BCUT2D eigenvalue weighted by Crippen LogP contribution is -2.61. The SMILES string of the molecule is CCOC(=O)/C=C/S(=O)C(F)(F)C(F)(F)C(F)(F)C(F)(F)F. The molecule has 0 aliphatic rings. The Morgan fingerprint density at radius 2 is 1.45 bits per heavy atom. The summed E-state index contributed by atoms with van der Waals surface area (Å²) in [6.07, 6.45) is -7.07. The molecule has 0 aliphatic carbocycles. The first kappa shape index (κ1) is 20.7. The molecule has 22 heavy (non-hydrogen) atoms. The summed E-state index contributed by atoms with van der Waals surface area (Å²) in [7, 11) is -4.35. The quantitative estimate of drug-likeness (QED) is 0.412. The lowest BCUT2D eigenvalue weighted by atomic mass is 10.1. The van der Waals surface area contributed by atoms with Gasteiger partial charge in [0.2, 0.25) is 0 Å². The molecule has 0 spiro atoms. The van der Waals surface area contributed by atoms with Gasteiger partial charge in [-0.05, 0) is 6.92 Å². The molecule has 0 rings (SSSR count). The summed E-state index contributed by atoms with van der Waals surface area (Å²) in [6, 6.07) is 0. The Balaban J connectivity index is 5.54. The van der Waals surface area contributed by atoms with Gasteiger partial charge in [-0.2, -0.15) is 39.5 Å². The molecule has 130 valence electrons. The Kier molecular flexibility index (Phi) is 6.09. The minimum atomic E-state index is -7.14. The molecule has 0 bridgehead atoms. The molecule has 1 atom stereocenters. The molecule has 13 heteroatoms. The summed E-state index contributed by atoms with van der Waals surface area (Å²) in [5.74, 6) is -15.6. The van der Waals surface area contributed by atoms with Gasteiger partial charge in [0.1, 0.15) is 10.8 Å². The van der Waals surface area contributed by atoms with Gasteiger partial charge in [0.05, 0.1) is 6.61 Å². The highest BCUT2D eigenvalue weighted by Gasteiger charge is 2.83. The maximum absolute atomic E-state index is 13.0. The Bertz CT molecular complexity index is 469. The van der Waals surface area contributed by atoms with E-state index in [0.29, 0.717) is 0 Å². The first-order valence-electron chi connectivity index (χ1n) is 5.08. The number of esters is 1. The summed E-state index contributed by atoms with van der Waals surface area (Å²) in [6.45, 7) is 0.976. The second-order valence-corrected chi connectivity index (χ2v) is 4.90. The summed E-state index contributed by atoms with van der Waals surface area (Å²) in [5, 5.41) is -6.76. The number of carbonyl (C=O) groups is 1. The number of hydrogen-bond donors (Lipinski definition) is 0. The fourth-order valence-electron chi connectivity index (χ4n) is 0.880. The third-order valence-electron chi connectivity index (χ3n) is 1.98. The number of halogens is 9. The Morgan fingerprint density at radius 3 is 1.82 bits per heavy atom. The van der Waals surface area contributed by atoms with E-state index in [9.17, 15) is 48.5 Å². The van der Waals surface area contributed by atoms with E-state index in [2.05, 4.69) is 4.74 Å². The van der Waals surface area contributed by atoms with E-state index < -0.39 is 45.5 Å². The highest BCUT2D eigenvalue weighted by molar-refractivity contribution is 7.89. The molecule has 0 aromatic heterocycles. The summed E-state index contributed by atoms with van der Waals surface area (Å²) in [5.41, 5.74) is 0. The van der Waals surface area contributed by atoms with Crippen LogP contribution in [0.25, 0.3) is 0 Å². The van der Waals surface area contributed by atoms with Gasteiger partial charge in [-0.3, -0.25) is 0 Å². The van der Waals surface area contributed by atoms with Crippen LogP contribution in [0.2, 0.25) is 0 Å². The molecular weight excluding hydrogens is 359 g/mol. The van der Waals surface area contributed by atoms with Gasteiger partial charge in [0.15, 0.2) is 0 Å². The smallest absolute Gasteiger partial charge is 0.460 e. The molecule has 0 aromatic carbocycles. The van der Waals surface area contributed by atoms with Crippen LogP contribution in [-0.2, 0) is 20.3 Å². The topological polar surface area (TPSA) is 43.4 Å². The molecule has 1 unspecified atom stereocenters. The molecule has 0 radical (unpaired) electrons. The fourth-order valence-corrected chi connectivity index (χ4v) is 1.67. The van der Waals surface area contributed by atoms with Gasteiger partial charge in [-0.15, -0.1) is 0 Å². The van der Waals surface area contributed by atoms with Gasteiger partial charge in [-0.25, -0.2) is 9.00 Å². The largest absolute Gasteiger partial charge is 0.463 e. The Morgan fingerprint density at radius 1 is 1.00 bits per heavy atom. The van der Waals surface area contributed by atoms with Crippen molar-refractivity contribution in [1.82, 2.24) is 0 Å². The maximum atomic E-state index is 13.0. The van der Waals surface area contributed by atoms with E-state index in [1.54, 1.807) is 0 Å². The van der Waals surface area contributed by atoms with E-state index in [0.717, 1.165) is 0 Å². The number of hydrogen-bond acceptors (Lipinski definition) is 3. The molecule has 0 heterocycles. The molecule has 0 aromatic rings. The summed E-state index contributed by atoms with van der Waals surface area (Å²) in [4.78, 5) is 10.7. The van der Waals surface area contributed by atoms with Crippen LogP contribution in [0.1, 0.15) is 6.92 Å². The van der Waals surface area contributed by atoms with Crippen molar-refractivity contribution in [3.63, 3.8) is 0 Å². The van der Waals surface area contributed by atoms with Crippen LogP contribution in [0.4, 0.5) is 39.5 Å². The second-order valence-electron chi connectivity index (χ2n) is 3.52. The molecule has 0 fully saturated rings. The van der Waals surface area contributed by atoms with Gasteiger partial charge in [0.25, 0.3) is 0 Å². The van der Waals surface area contributed by atoms with Crippen molar-refractivity contribution in [2.45, 2.75) is 30.2 Å². The second kappa shape index (κ2) is 6.46. The first-order valence-corrected chi connectivity index (χ1v) is 6.30. The minimum Gasteiger partial charge on any atom is -0.463 e. The Labute approximate surface area is 119 Å². The van der Waals surface area contributed by atoms with Gasteiger partial charge >= 0.3 is 29.2 Å². The summed E-state index contributed by atoms with van der Waals surface area (Å²) < 4.78 is 127. The standard InChI is InChI=1S/C9H7F9O3S/c1-2-21-5(19)3-4-22(20)9(17,18)7(12,13)6(10,11)8(14,15)16/h3-4H,2H2,1H3/b4-3+. The lowest BCUT2D eigenvalue weighted by Gasteiger charge is -2.32. The predicted octanol–water partition coefficient (Wildman–Crippen LogP) is 3.24. The zero-order valence-electron chi connectivity index (χ0n) is 10.4. The molecule has 3 nitrogen and oxygen atoms in total. The van der Waals surface area contributed by atoms with Crippen molar-refractivity contribution in [3.05, 3.63) is 11.5 Å². The van der Waals surface area contributed by atoms with Crippen LogP contribution in [0.3, 0.4) is 0 Å². The van der Waals surface area contributed by atoms with Crippen molar-refractivity contribution in [2.24, 2.45) is 0 Å². The average molecular weight is 366 g/mol. The highest BCUT2D eigenvalue weighted by Crippen LogP contribution is 2.54. The van der Waals surface area contributed by atoms with Gasteiger partial charge in [-0.1, -0.05) is 0 Å². The van der Waals surface area contributed by atoms with Crippen molar-refractivity contribution in [3.8, 4) is 0 Å². The van der Waals surface area contributed by atoms with Crippen LogP contribution in [0.5, 0.6) is 0 Å². The van der Waals surface area contributed by atoms with Crippen LogP contribution in [-0.4, -0.2) is 40.1 Å². The predicted molar refractivity (Wildman–Crippen MR) is 54.8 cm³/mol. The third kappa shape index (κ3) is 3.73. The van der Waals surface area contributed by atoms with Crippen LogP contribution in [0.15, 0.2) is 11.5 Å². The first-order chi connectivity index (χ1) is 9.63. The molecule has 0 saturated heterocycles.